The molecule has 112 valence electrons. The number of ether oxygens (including phenoxy) is 1. The quantitative estimate of drug-likeness (QED) is 0.588. The minimum atomic E-state index is -0.110. The molecule has 0 aliphatic rings. The van der Waals surface area contributed by atoms with E-state index in [2.05, 4.69) is 24.5 Å². The zero-order chi connectivity index (χ0) is 14.8. The van der Waals surface area contributed by atoms with Gasteiger partial charge in [-0.05, 0) is 17.7 Å². The summed E-state index contributed by atoms with van der Waals surface area (Å²) in [4.78, 5) is 11.8. The van der Waals surface area contributed by atoms with Crippen molar-refractivity contribution in [2.45, 2.75) is 26.4 Å². The lowest BCUT2D eigenvalue weighted by Gasteiger charge is -2.09. The zero-order valence-corrected chi connectivity index (χ0v) is 12.2. The number of carbonyl (C=O) groups is 1. The summed E-state index contributed by atoms with van der Waals surface area (Å²) in [7, 11) is 0. The predicted molar refractivity (Wildman–Crippen MR) is 78.7 cm³/mol. The highest BCUT2D eigenvalue weighted by Gasteiger charge is 2.04. The maximum atomic E-state index is 11.8. The van der Waals surface area contributed by atoms with E-state index in [9.17, 15) is 4.79 Å². The van der Waals surface area contributed by atoms with E-state index in [4.69, 9.17) is 9.84 Å². The van der Waals surface area contributed by atoms with E-state index in [1.165, 1.54) is 0 Å². The van der Waals surface area contributed by atoms with Crippen LogP contribution in [0.2, 0.25) is 0 Å². The van der Waals surface area contributed by atoms with Crippen molar-refractivity contribution in [3.05, 3.63) is 35.4 Å². The van der Waals surface area contributed by atoms with Crippen molar-refractivity contribution in [3.8, 4) is 0 Å². The molecule has 5 heteroatoms. The maximum absolute atomic E-state index is 11.8. The molecule has 0 aliphatic heterocycles. The van der Waals surface area contributed by atoms with Crippen molar-refractivity contribution in [1.82, 2.24) is 10.6 Å². The predicted octanol–water partition coefficient (Wildman–Crippen LogP) is 0.923. The van der Waals surface area contributed by atoms with E-state index in [-0.39, 0.29) is 12.5 Å². The standard InChI is InChI=1S/C15H24N2O3/c1-12(2)17-11-13-3-5-14(6-4-13)15(19)16-7-9-20-10-8-18/h3-6,12,17-18H,7-11H2,1-2H3,(H,16,19). The van der Waals surface area contributed by atoms with Crippen LogP contribution in [-0.4, -0.2) is 43.4 Å². The van der Waals surface area contributed by atoms with Crippen LogP contribution >= 0.6 is 0 Å². The lowest BCUT2D eigenvalue weighted by molar-refractivity contribution is 0.0838. The number of amides is 1. The molecule has 0 spiro atoms. The highest BCUT2D eigenvalue weighted by molar-refractivity contribution is 5.94. The molecule has 5 nitrogen and oxygen atoms in total. The molecule has 0 saturated heterocycles. The average molecular weight is 280 g/mol. The van der Waals surface area contributed by atoms with Gasteiger partial charge < -0.3 is 20.5 Å². The van der Waals surface area contributed by atoms with Crippen molar-refractivity contribution < 1.29 is 14.6 Å². The lowest BCUT2D eigenvalue weighted by Crippen LogP contribution is -2.27. The topological polar surface area (TPSA) is 70.6 Å². The molecule has 0 aliphatic carbocycles. The third kappa shape index (κ3) is 6.65. The van der Waals surface area contributed by atoms with E-state index in [1.807, 2.05) is 24.3 Å². The van der Waals surface area contributed by atoms with Crippen LogP contribution in [0.4, 0.5) is 0 Å². The molecule has 0 fully saturated rings. The van der Waals surface area contributed by atoms with E-state index < -0.39 is 0 Å². The first kappa shape index (κ1) is 16.6. The van der Waals surface area contributed by atoms with Gasteiger partial charge in [-0.1, -0.05) is 26.0 Å². The van der Waals surface area contributed by atoms with E-state index >= 15 is 0 Å². The van der Waals surface area contributed by atoms with Crippen LogP contribution in [0.5, 0.6) is 0 Å². The molecular weight excluding hydrogens is 256 g/mol. The van der Waals surface area contributed by atoms with Crippen molar-refractivity contribution in [2.24, 2.45) is 0 Å². The van der Waals surface area contributed by atoms with Crippen LogP contribution in [0.15, 0.2) is 24.3 Å². The summed E-state index contributed by atoms with van der Waals surface area (Å²) in [6.45, 7) is 6.14. The number of benzene rings is 1. The Labute approximate surface area is 120 Å². The average Bonchev–Trinajstić information content (AvgIpc) is 2.45. The van der Waals surface area contributed by atoms with E-state index in [1.54, 1.807) is 0 Å². The lowest BCUT2D eigenvalue weighted by atomic mass is 10.1. The number of hydrogen-bond acceptors (Lipinski definition) is 4. The third-order valence-corrected chi connectivity index (χ3v) is 2.70. The molecule has 0 radical (unpaired) electrons. The Balaban J connectivity index is 2.33. The Bertz CT molecular complexity index is 391. The van der Waals surface area contributed by atoms with Gasteiger partial charge in [0.05, 0.1) is 19.8 Å². The number of aliphatic hydroxyl groups excluding tert-OH is 1. The minimum absolute atomic E-state index is 0.000177. The second kappa shape index (κ2) is 9.47. The van der Waals surface area contributed by atoms with Crippen molar-refractivity contribution >= 4 is 5.91 Å². The molecule has 20 heavy (non-hydrogen) atoms. The van der Waals surface area contributed by atoms with E-state index in [0.717, 1.165) is 12.1 Å². The number of aliphatic hydroxyl groups is 1. The summed E-state index contributed by atoms with van der Waals surface area (Å²) in [6.07, 6.45) is 0. The summed E-state index contributed by atoms with van der Waals surface area (Å²) in [5.74, 6) is -0.110. The van der Waals surface area contributed by atoms with Crippen LogP contribution in [-0.2, 0) is 11.3 Å². The normalized spacial score (nSPS) is 10.8. The van der Waals surface area contributed by atoms with E-state index in [0.29, 0.717) is 31.4 Å². The molecule has 1 rings (SSSR count). The Morgan fingerprint density at radius 3 is 2.55 bits per heavy atom. The molecular formula is C15H24N2O3. The molecule has 0 bridgehead atoms. The Morgan fingerprint density at radius 2 is 1.95 bits per heavy atom. The minimum Gasteiger partial charge on any atom is -0.394 e. The molecule has 3 N–H and O–H groups in total. The van der Waals surface area contributed by atoms with Crippen LogP contribution in [0.1, 0.15) is 29.8 Å². The number of rotatable bonds is 9. The fraction of sp³-hybridized carbons (Fsp3) is 0.533. The van der Waals surface area contributed by atoms with Crippen molar-refractivity contribution in [2.75, 3.05) is 26.4 Å². The molecule has 0 saturated carbocycles. The Morgan fingerprint density at radius 1 is 1.25 bits per heavy atom. The fourth-order valence-electron chi connectivity index (χ4n) is 1.60. The molecule has 0 unspecified atom stereocenters. The van der Waals surface area contributed by atoms with Crippen LogP contribution in [0.25, 0.3) is 0 Å². The van der Waals surface area contributed by atoms with Gasteiger partial charge in [-0.15, -0.1) is 0 Å². The highest BCUT2D eigenvalue weighted by Crippen LogP contribution is 2.04. The summed E-state index contributed by atoms with van der Waals surface area (Å²) in [6, 6.07) is 7.98. The van der Waals surface area contributed by atoms with Gasteiger partial charge in [-0.2, -0.15) is 0 Å². The smallest absolute Gasteiger partial charge is 0.251 e. The molecule has 0 atom stereocenters. The van der Waals surface area contributed by atoms with Crippen LogP contribution in [0, 0.1) is 0 Å². The monoisotopic (exact) mass is 280 g/mol. The van der Waals surface area contributed by atoms with Gasteiger partial charge in [0.15, 0.2) is 0 Å². The molecule has 0 aromatic heterocycles. The third-order valence-electron chi connectivity index (χ3n) is 2.70. The zero-order valence-electron chi connectivity index (χ0n) is 12.2. The Kier molecular flexibility index (Phi) is 7.87. The summed E-state index contributed by atoms with van der Waals surface area (Å²) in [5.41, 5.74) is 1.79. The first-order valence-corrected chi connectivity index (χ1v) is 6.92. The molecule has 1 aromatic rings. The second-order valence-corrected chi connectivity index (χ2v) is 4.82. The summed E-state index contributed by atoms with van der Waals surface area (Å²) >= 11 is 0. The van der Waals surface area contributed by atoms with Crippen molar-refractivity contribution in [3.63, 3.8) is 0 Å². The molecule has 1 aromatic carbocycles. The molecule has 0 heterocycles. The van der Waals surface area contributed by atoms with Gasteiger partial charge in [0.25, 0.3) is 5.91 Å². The van der Waals surface area contributed by atoms with Gasteiger partial charge in [-0.25, -0.2) is 0 Å². The SMILES string of the molecule is CC(C)NCc1ccc(C(=O)NCCOCCO)cc1. The van der Waals surface area contributed by atoms with Crippen LogP contribution in [0.3, 0.4) is 0 Å². The number of carbonyl (C=O) groups excluding carboxylic acids is 1. The van der Waals surface area contributed by atoms with Crippen molar-refractivity contribution in [1.29, 1.82) is 0 Å². The largest absolute Gasteiger partial charge is 0.394 e. The molecule has 1 amide bonds. The Hall–Kier alpha value is -1.43. The summed E-state index contributed by atoms with van der Waals surface area (Å²) < 4.78 is 5.07. The fourth-order valence-corrected chi connectivity index (χ4v) is 1.60. The summed E-state index contributed by atoms with van der Waals surface area (Å²) in [5, 5.41) is 14.6. The van der Waals surface area contributed by atoms with Gasteiger partial charge in [0.2, 0.25) is 0 Å². The second-order valence-electron chi connectivity index (χ2n) is 4.82. The van der Waals surface area contributed by atoms with Gasteiger partial charge in [0.1, 0.15) is 0 Å². The number of nitrogens with one attached hydrogen (secondary N) is 2. The van der Waals surface area contributed by atoms with Gasteiger partial charge in [-0.3, -0.25) is 4.79 Å². The highest BCUT2D eigenvalue weighted by atomic mass is 16.5. The first-order valence-electron chi connectivity index (χ1n) is 6.92. The van der Waals surface area contributed by atoms with Crippen LogP contribution < -0.4 is 10.6 Å². The number of hydrogen-bond donors (Lipinski definition) is 3. The first-order chi connectivity index (χ1) is 9.63. The van der Waals surface area contributed by atoms with Gasteiger partial charge >= 0.3 is 0 Å². The maximum Gasteiger partial charge on any atom is 0.251 e. The van der Waals surface area contributed by atoms with Gasteiger partial charge in [0, 0.05) is 24.7 Å².